The molecule has 0 bridgehead atoms. The lowest BCUT2D eigenvalue weighted by molar-refractivity contribution is -0.147. The topological polar surface area (TPSA) is 113 Å². The molecule has 0 fully saturated rings. The van der Waals surface area contributed by atoms with Gasteiger partial charge in [-0.05, 0) is 5.92 Å². The molecule has 0 heterocycles. The Morgan fingerprint density at radius 1 is 1.44 bits per heavy atom. The van der Waals surface area contributed by atoms with Gasteiger partial charge in [0.25, 0.3) is 0 Å². The van der Waals surface area contributed by atoms with Crippen molar-refractivity contribution in [3.8, 4) is 0 Å². The maximum absolute atomic E-state index is 11.4. The molecule has 0 aromatic heterocycles. The van der Waals surface area contributed by atoms with Crippen LogP contribution in [0.4, 0.5) is 0 Å². The molecule has 0 saturated carbocycles. The summed E-state index contributed by atoms with van der Waals surface area (Å²) in [7, 11) is 0. The number of rotatable bonds is 7. The zero-order valence-electron chi connectivity index (χ0n) is 9.64. The normalized spacial score (nSPS) is 16.2. The first-order valence-electron chi connectivity index (χ1n) is 5.34. The van der Waals surface area contributed by atoms with Crippen molar-refractivity contribution in [1.82, 2.24) is 5.32 Å². The Kier molecular flexibility index (Phi) is 6.67. The second-order valence-corrected chi connectivity index (χ2v) is 3.85. The predicted octanol–water partition coefficient (Wildman–Crippen LogP) is -0.688. The van der Waals surface area contributed by atoms with E-state index in [2.05, 4.69) is 5.32 Å². The van der Waals surface area contributed by atoms with Gasteiger partial charge in [-0.2, -0.15) is 0 Å². The molecule has 2 unspecified atom stereocenters. The molecule has 5 N–H and O–H groups in total. The van der Waals surface area contributed by atoms with E-state index in [0.29, 0.717) is 0 Å². The van der Waals surface area contributed by atoms with E-state index in [1.807, 2.05) is 13.8 Å². The Bertz CT molecular complexity index is 245. The molecular formula is C10H20N2O4. The van der Waals surface area contributed by atoms with E-state index in [1.165, 1.54) is 0 Å². The van der Waals surface area contributed by atoms with E-state index >= 15 is 0 Å². The van der Waals surface area contributed by atoms with Crippen LogP contribution < -0.4 is 11.1 Å². The number of aliphatic hydroxyl groups excluding tert-OH is 1. The Balaban J connectivity index is 3.85. The third kappa shape index (κ3) is 5.09. The molecule has 6 nitrogen and oxygen atoms in total. The minimum absolute atomic E-state index is 0.0195. The summed E-state index contributed by atoms with van der Waals surface area (Å²) in [6.07, 6.45) is -0.666. The van der Waals surface area contributed by atoms with Crippen molar-refractivity contribution in [2.75, 3.05) is 6.54 Å². The Hall–Kier alpha value is -1.14. The van der Waals surface area contributed by atoms with Crippen molar-refractivity contribution in [1.29, 1.82) is 0 Å². The molecule has 94 valence electrons. The van der Waals surface area contributed by atoms with E-state index in [9.17, 15) is 9.59 Å². The molecule has 0 aromatic rings. The van der Waals surface area contributed by atoms with E-state index in [4.69, 9.17) is 15.9 Å². The number of nitrogens with two attached hydrogens (primary N) is 1. The van der Waals surface area contributed by atoms with Crippen molar-refractivity contribution in [2.45, 2.75) is 38.8 Å². The molecule has 0 rings (SSSR count). The van der Waals surface area contributed by atoms with Gasteiger partial charge in [-0.15, -0.1) is 0 Å². The highest BCUT2D eigenvalue weighted by molar-refractivity contribution is 5.81. The zero-order valence-corrected chi connectivity index (χ0v) is 9.64. The monoisotopic (exact) mass is 232 g/mol. The third-order valence-electron chi connectivity index (χ3n) is 2.56. The van der Waals surface area contributed by atoms with E-state index in [-0.39, 0.29) is 24.8 Å². The summed E-state index contributed by atoms with van der Waals surface area (Å²) in [4.78, 5) is 21.7. The van der Waals surface area contributed by atoms with Gasteiger partial charge in [-0.25, -0.2) is 4.79 Å². The maximum Gasteiger partial charge on any atom is 0.332 e. The number of carboxylic acid groups (broad SMARTS) is 1. The van der Waals surface area contributed by atoms with Gasteiger partial charge >= 0.3 is 5.97 Å². The van der Waals surface area contributed by atoms with Gasteiger partial charge in [0.05, 0.1) is 6.04 Å². The van der Waals surface area contributed by atoms with Gasteiger partial charge < -0.3 is 21.3 Å². The number of amides is 1. The average Bonchev–Trinajstić information content (AvgIpc) is 2.26. The molecule has 0 aliphatic heterocycles. The fourth-order valence-electron chi connectivity index (χ4n) is 1.09. The number of aliphatic carboxylic acids is 1. The summed E-state index contributed by atoms with van der Waals surface area (Å²) in [5.41, 5.74) is 5.66. The highest BCUT2D eigenvalue weighted by atomic mass is 16.4. The second kappa shape index (κ2) is 7.19. The zero-order chi connectivity index (χ0) is 12.7. The van der Waals surface area contributed by atoms with Crippen LogP contribution in [0.1, 0.15) is 26.7 Å². The SMILES string of the molecule is CCC(C)[C@H](N)C(=O)NCCC(O)C(=O)O. The minimum Gasteiger partial charge on any atom is -0.479 e. The van der Waals surface area contributed by atoms with Gasteiger partial charge in [0.2, 0.25) is 5.91 Å². The third-order valence-corrected chi connectivity index (χ3v) is 2.56. The molecule has 0 aliphatic carbocycles. The van der Waals surface area contributed by atoms with Crippen LogP contribution in [-0.2, 0) is 9.59 Å². The standard InChI is InChI=1S/C10H20N2O4/c1-3-6(2)8(11)9(14)12-5-4-7(13)10(15)16/h6-8,13H,3-5,11H2,1-2H3,(H,12,14)(H,15,16)/t6?,7?,8-/m0/s1. The quantitative estimate of drug-likeness (QED) is 0.464. The lowest BCUT2D eigenvalue weighted by atomic mass is 9.99. The van der Waals surface area contributed by atoms with Gasteiger partial charge in [0, 0.05) is 13.0 Å². The average molecular weight is 232 g/mol. The predicted molar refractivity (Wildman–Crippen MR) is 58.7 cm³/mol. The number of carbonyl (C=O) groups excluding carboxylic acids is 1. The summed E-state index contributed by atoms with van der Waals surface area (Å²) in [6, 6.07) is -0.591. The molecule has 0 aliphatic rings. The largest absolute Gasteiger partial charge is 0.479 e. The van der Waals surface area contributed by atoms with E-state index in [0.717, 1.165) is 6.42 Å². The second-order valence-electron chi connectivity index (χ2n) is 3.85. The summed E-state index contributed by atoms with van der Waals surface area (Å²) >= 11 is 0. The van der Waals surface area contributed by atoms with Crippen LogP contribution in [0, 0.1) is 5.92 Å². The highest BCUT2D eigenvalue weighted by Crippen LogP contribution is 2.04. The van der Waals surface area contributed by atoms with Gasteiger partial charge in [0.15, 0.2) is 6.10 Å². The molecule has 0 spiro atoms. The maximum atomic E-state index is 11.4. The first-order chi connectivity index (χ1) is 7.40. The number of carboxylic acids is 1. The van der Waals surface area contributed by atoms with Gasteiger partial charge in [-0.1, -0.05) is 20.3 Å². The van der Waals surface area contributed by atoms with Crippen LogP contribution in [0.2, 0.25) is 0 Å². The van der Waals surface area contributed by atoms with Gasteiger partial charge in [0.1, 0.15) is 0 Å². The van der Waals surface area contributed by atoms with Crippen LogP contribution in [0.25, 0.3) is 0 Å². The molecule has 6 heteroatoms. The van der Waals surface area contributed by atoms with Crippen molar-refractivity contribution in [3.63, 3.8) is 0 Å². The molecule has 16 heavy (non-hydrogen) atoms. The summed E-state index contributed by atoms with van der Waals surface area (Å²) in [5.74, 6) is -1.53. The molecular weight excluding hydrogens is 212 g/mol. The lowest BCUT2D eigenvalue weighted by Gasteiger charge is -2.17. The summed E-state index contributed by atoms with van der Waals surface area (Å²) < 4.78 is 0. The van der Waals surface area contributed by atoms with Crippen LogP contribution in [0.5, 0.6) is 0 Å². The van der Waals surface area contributed by atoms with Crippen molar-refractivity contribution < 1.29 is 19.8 Å². The Morgan fingerprint density at radius 2 is 2.00 bits per heavy atom. The number of hydrogen-bond acceptors (Lipinski definition) is 4. The first-order valence-corrected chi connectivity index (χ1v) is 5.34. The molecule has 0 aromatic carbocycles. The fraction of sp³-hybridized carbons (Fsp3) is 0.800. The highest BCUT2D eigenvalue weighted by Gasteiger charge is 2.19. The van der Waals surface area contributed by atoms with Crippen molar-refractivity contribution in [3.05, 3.63) is 0 Å². The summed E-state index contributed by atoms with van der Waals surface area (Å²) in [6.45, 7) is 3.92. The Morgan fingerprint density at radius 3 is 2.44 bits per heavy atom. The molecule has 0 saturated heterocycles. The minimum atomic E-state index is -1.44. The van der Waals surface area contributed by atoms with Crippen LogP contribution >= 0.6 is 0 Å². The van der Waals surface area contributed by atoms with E-state index in [1.54, 1.807) is 0 Å². The van der Waals surface area contributed by atoms with Crippen LogP contribution in [0.3, 0.4) is 0 Å². The molecule has 1 amide bonds. The number of nitrogens with one attached hydrogen (secondary N) is 1. The lowest BCUT2D eigenvalue weighted by Crippen LogP contribution is -2.45. The van der Waals surface area contributed by atoms with Crippen molar-refractivity contribution >= 4 is 11.9 Å². The van der Waals surface area contributed by atoms with Crippen LogP contribution in [-0.4, -0.2) is 40.8 Å². The Labute approximate surface area is 94.8 Å². The molecule has 3 atom stereocenters. The van der Waals surface area contributed by atoms with Gasteiger partial charge in [-0.3, -0.25) is 4.79 Å². The summed E-state index contributed by atoms with van der Waals surface area (Å²) in [5, 5.41) is 19.8. The first kappa shape index (κ1) is 14.9. The smallest absolute Gasteiger partial charge is 0.332 e. The fourth-order valence-corrected chi connectivity index (χ4v) is 1.09. The van der Waals surface area contributed by atoms with Crippen molar-refractivity contribution in [2.24, 2.45) is 11.7 Å². The van der Waals surface area contributed by atoms with E-state index < -0.39 is 18.1 Å². The number of carbonyl (C=O) groups is 2. The van der Waals surface area contributed by atoms with Crippen LogP contribution in [0.15, 0.2) is 0 Å². The number of aliphatic hydroxyl groups is 1. The molecule has 0 radical (unpaired) electrons. The number of hydrogen-bond donors (Lipinski definition) is 4.